The van der Waals surface area contributed by atoms with E-state index in [1.165, 1.54) is 0 Å². The van der Waals surface area contributed by atoms with E-state index < -0.39 is 0 Å². The maximum atomic E-state index is 11.4. The Morgan fingerprint density at radius 3 is 2.57 bits per heavy atom. The van der Waals surface area contributed by atoms with Gasteiger partial charge in [-0.1, -0.05) is 18.2 Å². The number of hydrogen-bond acceptors (Lipinski definition) is 2. The molecule has 0 saturated heterocycles. The molecule has 0 aliphatic heterocycles. The summed E-state index contributed by atoms with van der Waals surface area (Å²) in [7, 11) is 0. The van der Waals surface area contributed by atoms with E-state index in [4.69, 9.17) is 0 Å². The predicted molar refractivity (Wildman–Crippen MR) is 62.8 cm³/mol. The summed E-state index contributed by atoms with van der Waals surface area (Å²) >= 11 is 4.09. The molecule has 76 valence electrons. The van der Waals surface area contributed by atoms with Crippen LogP contribution in [0.1, 0.15) is 19.3 Å². The third kappa shape index (κ3) is 4.33. The van der Waals surface area contributed by atoms with Gasteiger partial charge in [0.1, 0.15) is 0 Å². The molecule has 0 aliphatic carbocycles. The molecule has 2 nitrogen and oxygen atoms in total. The van der Waals surface area contributed by atoms with Crippen molar-refractivity contribution in [1.29, 1.82) is 0 Å². The van der Waals surface area contributed by atoms with Crippen LogP contribution in [0.2, 0.25) is 0 Å². The number of benzene rings is 1. The molecular weight excluding hydrogens is 194 g/mol. The summed E-state index contributed by atoms with van der Waals surface area (Å²) in [5.41, 5.74) is 0.864. The molecule has 0 spiro atoms. The Kier molecular flexibility index (Phi) is 5.15. The smallest absolute Gasteiger partial charge is 0.224 e. The second kappa shape index (κ2) is 6.49. The monoisotopic (exact) mass is 209 g/mol. The molecule has 1 N–H and O–H groups in total. The Bertz CT molecular complexity index is 274. The van der Waals surface area contributed by atoms with E-state index in [0.29, 0.717) is 6.42 Å². The number of anilines is 1. The minimum Gasteiger partial charge on any atom is -0.326 e. The molecule has 0 heterocycles. The van der Waals surface area contributed by atoms with E-state index in [1.807, 2.05) is 30.3 Å². The highest BCUT2D eigenvalue weighted by Crippen LogP contribution is 2.06. The maximum Gasteiger partial charge on any atom is 0.224 e. The van der Waals surface area contributed by atoms with Gasteiger partial charge in [-0.05, 0) is 30.7 Å². The lowest BCUT2D eigenvalue weighted by Crippen LogP contribution is -2.10. The van der Waals surface area contributed by atoms with Crippen LogP contribution in [0.3, 0.4) is 0 Å². The van der Waals surface area contributed by atoms with Crippen LogP contribution in [0.4, 0.5) is 5.69 Å². The van der Waals surface area contributed by atoms with Gasteiger partial charge in [-0.3, -0.25) is 4.79 Å². The topological polar surface area (TPSA) is 29.1 Å². The predicted octanol–water partition coefficient (Wildman–Crippen LogP) is 2.73. The second-order valence-electron chi connectivity index (χ2n) is 3.09. The van der Waals surface area contributed by atoms with Gasteiger partial charge in [0.25, 0.3) is 0 Å². The Morgan fingerprint density at radius 2 is 1.93 bits per heavy atom. The molecule has 0 unspecified atom stereocenters. The summed E-state index contributed by atoms with van der Waals surface area (Å²) in [6.45, 7) is 0. The third-order valence-corrected chi connectivity index (χ3v) is 2.19. The Balaban J connectivity index is 2.27. The molecule has 14 heavy (non-hydrogen) atoms. The molecule has 0 saturated carbocycles. The largest absolute Gasteiger partial charge is 0.326 e. The minimum atomic E-state index is 0.0815. The van der Waals surface area contributed by atoms with E-state index in [1.54, 1.807) is 0 Å². The van der Waals surface area contributed by atoms with Crippen molar-refractivity contribution in [3.05, 3.63) is 30.3 Å². The SMILES string of the molecule is O=C(CCCCS)Nc1ccccc1. The van der Waals surface area contributed by atoms with Crippen LogP contribution in [-0.4, -0.2) is 11.7 Å². The maximum absolute atomic E-state index is 11.4. The lowest BCUT2D eigenvalue weighted by molar-refractivity contribution is -0.116. The van der Waals surface area contributed by atoms with Crippen LogP contribution in [0, 0.1) is 0 Å². The van der Waals surface area contributed by atoms with E-state index in [2.05, 4.69) is 17.9 Å². The van der Waals surface area contributed by atoms with Crippen molar-refractivity contribution >= 4 is 24.2 Å². The van der Waals surface area contributed by atoms with E-state index in [9.17, 15) is 4.79 Å². The van der Waals surface area contributed by atoms with Gasteiger partial charge in [-0.2, -0.15) is 12.6 Å². The number of para-hydroxylation sites is 1. The fourth-order valence-corrected chi connectivity index (χ4v) is 1.37. The number of thiol groups is 1. The first kappa shape index (κ1) is 11.1. The zero-order valence-corrected chi connectivity index (χ0v) is 8.97. The fourth-order valence-electron chi connectivity index (χ4n) is 1.14. The number of carbonyl (C=O) groups is 1. The van der Waals surface area contributed by atoms with E-state index >= 15 is 0 Å². The standard InChI is InChI=1S/C11H15NOS/c13-11(8-4-5-9-14)12-10-6-2-1-3-7-10/h1-3,6-7,14H,4-5,8-9H2,(H,12,13). The summed E-state index contributed by atoms with van der Waals surface area (Å²) < 4.78 is 0. The van der Waals surface area contributed by atoms with Gasteiger partial charge in [0.2, 0.25) is 5.91 Å². The molecule has 0 atom stereocenters. The summed E-state index contributed by atoms with van der Waals surface area (Å²) in [6.07, 6.45) is 2.48. The first-order valence-corrected chi connectivity index (χ1v) is 5.42. The third-order valence-electron chi connectivity index (χ3n) is 1.87. The van der Waals surface area contributed by atoms with Gasteiger partial charge in [-0.25, -0.2) is 0 Å². The van der Waals surface area contributed by atoms with Crippen LogP contribution in [0.5, 0.6) is 0 Å². The molecule has 1 rings (SSSR count). The average molecular weight is 209 g/mol. The van der Waals surface area contributed by atoms with Crippen molar-refractivity contribution in [1.82, 2.24) is 0 Å². The zero-order valence-electron chi connectivity index (χ0n) is 8.07. The summed E-state index contributed by atoms with van der Waals surface area (Å²) in [4.78, 5) is 11.4. The van der Waals surface area contributed by atoms with Crippen LogP contribution < -0.4 is 5.32 Å². The Morgan fingerprint density at radius 1 is 1.21 bits per heavy atom. The molecule has 1 aromatic rings. The first-order chi connectivity index (χ1) is 6.83. The van der Waals surface area contributed by atoms with Crippen LogP contribution in [0.25, 0.3) is 0 Å². The lowest BCUT2D eigenvalue weighted by Gasteiger charge is -2.03. The van der Waals surface area contributed by atoms with Gasteiger partial charge in [-0.15, -0.1) is 0 Å². The number of amides is 1. The van der Waals surface area contributed by atoms with Crippen molar-refractivity contribution in [2.24, 2.45) is 0 Å². The first-order valence-electron chi connectivity index (χ1n) is 4.78. The number of unbranched alkanes of at least 4 members (excludes halogenated alkanes) is 1. The molecular formula is C11H15NOS. The lowest BCUT2D eigenvalue weighted by atomic mass is 10.2. The van der Waals surface area contributed by atoms with Crippen molar-refractivity contribution in [2.75, 3.05) is 11.1 Å². The van der Waals surface area contributed by atoms with Gasteiger partial charge >= 0.3 is 0 Å². The molecule has 1 amide bonds. The fraction of sp³-hybridized carbons (Fsp3) is 0.364. The van der Waals surface area contributed by atoms with Crippen molar-refractivity contribution in [3.8, 4) is 0 Å². The van der Waals surface area contributed by atoms with Crippen molar-refractivity contribution < 1.29 is 4.79 Å². The molecule has 0 bridgehead atoms. The molecule has 0 fully saturated rings. The number of hydrogen-bond donors (Lipinski definition) is 2. The highest BCUT2D eigenvalue weighted by molar-refractivity contribution is 7.80. The average Bonchev–Trinajstić information content (AvgIpc) is 2.20. The molecule has 0 aromatic heterocycles. The van der Waals surface area contributed by atoms with E-state index in [-0.39, 0.29) is 5.91 Å². The normalized spacial score (nSPS) is 9.79. The number of nitrogens with one attached hydrogen (secondary N) is 1. The van der Waals surface area contributed by atoms with Gasteiger partial charge < -0.3 is 5.32 Å². The summed E-state index contributed by atoms with van der Waals surface area (Å²) in [5.74, 6) is 0.927. The Labute approximate surface area is 90.1 Å². The Hall–Kier alpha value is -0.960. The highest BCUT2D eigenvalue weighted by Gasteiger charge is 2.00. The van der Waals surface area contributed by atoms with Gasteiger partial charge in [0.15, 0.2) is 0 Å². The zero-order chi connectivity index (χ0) is 10.2. The van der Waals surface area contributed by atoms with Crippen LogP contribution in [-0.2, 0) is 4.79 Å². The van der Waals surface area contributed by atoms with Crippen molar-refractivity contribution in [2.45, 2.75) is 19.3 Å². The van der Waals surface area contributed by atoms with Crippen molar-refractivity contribution in [3.63, 3.8) is 0 Å². The van der Waals surface area contributed by atoms with Gasteiger partial charge in [0, 0.05) is 12.1 Å². The molecule has 0 radical (unpaired) electrons. The molecule has 3 heteroatoms. The summed E-state index contributed by atoms with van der Waals surface area (Å²) in [5, 5.41) is 2.84. The molecule has 1 aromatic carbocycles. The summed E-state index contributed by atoms with van der Waals surface area (Å²) in [6, 6.07) is 9.51. The molecule has 0 aliphatic rings. The van der Waals surface area contributed by atoms with Crippen LogP contribution in [0.15, 0.2) is 30.3 Å². The number of rotatable bonds is 5. The highest BCUT2D eigenvalue weighted by atomic mass is 32.1. The minimum absolute atomic E-state index is 0.0815. The van der Waals surface area contributed by atoms with Gasteiger partial charge in [0.05, 0.1) is 0 Å². The van der Waals surface area contributed by atoms with E-state index in [0.717, 1.165) is 24.3 Å². The van der Waals surface area contributed by atoms with Crippen LogP contribution >= 0.6 is 12.6 Å². The second-order valence-corrected chi connectivity index (χ2v) is 3.54. The quantitative estimate of drug-likeness (QED) is 0.566. The number of carbonyl (C=O) groups excluding carboxylic acids is 1.